The normalized spacial score (nSPS) is 10.5. The zero-order valence-electron chi connectivity index (χ0n) is 7.55. The summed E-state index contributed by atoms with van der Waals surface area (Å²) in [5.74, 6) is 0. The molecule has 0 radical (unpaired) electrons. The van der Waals surface area contributed by atoms with Gasteiger partial charge in [-0.1, -0.05) is 0 Å². The lowest BCUT2D eigenvalue weighted by atomic mass is 10.4. The van der Waals surface area contributed by atoms with Crippen LogP contribution in [0.1, 0.15) is 5.69 Å². The third-order valence-corrected chi connectivity index (χ3v) is 2.89. The monoisotopic (exact) mass is 286 g/mol. The minimum Gasteiger partial charge on any atom is -0.398 e. The molecular weight excluding hydrogens is 280 g/mol. The number of pyridine rings is 1. The summed E-state index contributed by atoms with van der Waals surface area (Å²) in [6, 6.07) is 1.58. The molecule has 7 heteroatoms. The highest BCUT2D eigenvalue weighted by Gasteiger charge is 2.04. The number of halogens is 1. The molecule has 2 aromatic heterocycles. The second-order valence-electron chi connectivity index (χ2n) is 2.95. The van der Waals surface area contributed by atoms with Crippen LogP contribution in [0.3, 0.4) is 0 Å². The molecule has 0 fully saturated rings. The number of hydrogen-bond acceptors (Lipinski definition) is 5. The Morgan fingerprint density at radius 1 is 1.60 bits per heavy atom. The summed E-state index contributed by atoms with van der Waals surface area (Å²) in [7, 11) is 0. The average molecular weight is 287 g/mol. The van der Waals surface area contributed by atoms with Crippen LogP contribution in [0.4, 0.5) is 5.69 Å². The lowest BCUT2D eigenvalue weighted by Gasteiger charge is -2.04. The summed E-state index contributed by atoms with van der Waals surface area (Å²) >= 11 is 4.27. The molecule has 5 nitrogen and oxygen atoms in total. The molecule has 0 saturated heterocycles. The molecule has 0 bridgehead atoms. The number of hydrogen-bond donors (Lipinski definition) is 1. The van der Waals surface area contributed by atoms with E-state index < -0.39 is 0 Å². The van der Waals surface area contributed by atoms with Gasteiger partial charge in [0.25, 0.3) is 5.56 Å². The molecule has 0 aliphatic carbocycles. The van der Waals surface area contributed by atoms with Gasteiger partial charge in [0.2, 0.25) is 0 Å². The predicted molar refractivity (Wildman–Crippen MR) is 61.8 cm³/mol. The van der Waals surface area contributed by atoms with Crippen molar-refractivity contribution < 1.29 is 0 Å². The molecule has 78 valence electrons. The fourth-order valence-corrected chi connectivity index (χ4v) is 2.08. The maximum atomic E-state index is 11.7. The molecule has 0 aliphatic rings. The quantitative estimate of drug-likeness (QED) is 0.897. The largest absolute Gasteiger partial charge is 0.398 e. The van der Waals surface area contributed by atoms with Gasteiger partial charge < -0.3 is 10.3 Å². The van der Waals surface area contributed by atoms with E-state index in [1.807, 2.05) is 0 Å². The van der Waals surface area contributed by atoms with Gasteiger partial charge in [-0.3, -0.25) is 4.79 Å². The maximum absolute atomic E-state index is 11.7. The van der Waals surface area contributed by atoms with Crippen LogP contribution in [-0.2, 0) is 6.54 Å². The van der Waals surface area contributed by atoms with E-state index in [9.17, 15) is 4.79 Å². The zero-order valence-corrected chi connectivity index (χ0v) is 9.96. The van der Waals surface area contributed by atoms with E-state index in [0.29, 0.717) is 16.7 Å². The van der Waals surface area contributed by atoms with Crippen LogP contribution in [0.2, 0.25) is 0 Å². The third-order valence-electron chi connectivity index (χ3n) is 1.80. The Morgan fingerprint density at radius 3 is 3.07 bits per heavy atom. The van der Waals surface area contributed by atoms with E-state index in [4.69, 9.17) is 5.73 Å². The molecule has 0 aliphatic heterocycles. The van der Waals surface area contributed by atoms with Gasteiger partial charge in [0.1, 0.15) is 0 Å². The highest BCUT2D eigenvalue weighted by atomic mass is 79.9. The average Bonchev–Trinajstić information content (AvgIpc) is 2.66. The van der Waals surface area contributed by atoms with Gasteiger partial charge in [-0.25, -0.2) is 0 Å². The Hall–Kier alpha value is -1.21. The molecule has 0 spiro atoms. The summed E-state index contributed by atoms with van der Waals surface area (Å²) < 4.78 is 9.84. The molecular formula is C8H7BrN4OS. The van der Waals surface area contributed by atoms with Crippen molar-refractivity contribution in [3.63, 3.8) is 0 Å². The van der Waals surface area contributed by atoms with Crippen LogP contribution in [0.25, 0.3) is 0 Å². The van der Waals surface area contributed by atoms with E-state index in [1.54, 1.807) is 18.5 Å². The summed E-state index contributed by atoms with van der Waals surface area (Å²) in [6.07, 6.45) is 3.22. The Morgan fingerprint density at radius 2 is 2.40 bits per heavy atom. The smallest absolute Gasteiger partial charge is 0.265 e. The van der Waals surface area contributed by atoms with Crippen molar-refractivity contribution in [1.82, 2.24) is 13.3 Å². The number of nitrogens with zero attached hydrogens (tertiary/aromatic N) is 3. The van der Waals surface area contributed by atoms with Crippen molar-refractivity contribution in [3.8, 4) is 0 Å². The fraction of sp³-hybridized carbons (Fsp3) is 0.125. The lowest BCUT2D eigenvalue weighted by molar-refractivity contribution is 0.744. The van der Waals surface area contributed by atoms with Crippen LogP contribution in [0, 0.1) is 0 Å². The van der Waals surface area contributed by atoms with Gasteiger partial charge in [0.05, 0.1) is 34.6 Å². The Labute approximate surface area is 98.0 Å². The van der Waals surface area contributed by atoms with Gasteiger partial charge in [0.15, 0.2) is 0 Å². The standard InChI is InChI=1S/C8H7BrN4OS/c9-7-1-5(10)3-13(8(7)14)4-6-2-11-15-12-6/h1-3H,4,10H2. The van der Waals surface area contributed by atoms with Crippen LogP contribution < -0.4 is 11.3 Å². The molecule has 0 aromatic carbocycles. The minimum atomic E-state index is -0.128. The van der Waals surface area contributed by atoms with Gasteiger partial charge in [-0.2, -0.15) is 8.75 Å². The highest BCUT2D eigenvalue weighted by molar-refractivity contribution is 9.10. The second kappa shape index (κ2) is 4.11. The van der Waals surface area contributed by atoms with Crippen LogP contribution in [0.5, 0.6) is 0 Å². The summed E-state index contributed by atoms with van der Waals surface area (Å²) in [5.41, 5.74) is 6.79. The molecule has 0 atom stereocenters. The van der Waals surface area contributed by atoms with Crippen LogP contribution >= 0.6 is 27.7 Å². The van der Waals surface area contributed by atoms with Gasteiger partial charge in [0, 0.05) is 11.9 Å². The molecule has 0 amide bonds. The molecule has 0 saturated carbocycles. The first-order valence-electron chi connectivity index (χ1n) is 4.09. The van der Waals surface area contributed by atoms with Crippen molar-refractivity contribution in [2.45, 2.75) is 6.54 Å². The van der Waals surface area contributed by atoms with Crippen molar-refractivity contribution in [1.29, 1.82) is 0 Å². The predicted octanol–water partition coefficient (Wildman–Crippen LogP) is 1.09. The van der Waals surface area contributed by atoms with Crippen LogP contribution in [-0.4, -0.2) is 13.3 Å². The molecule has 15 heavy (non-hydrogen) atoms. The lowest BCUT2D eigenvalue weighted by Crippen LogP contribution is -2.21. The first kappa shape index (κ1) is 10.3. The topological polar surface area (TPSA) is 73.8 Å². The number of aromatic nitrogens is 3. The van der Waals surface area contributed by atoms with Gasteiger partial charge in [-0.15, -0.1) is 0 Å². The van der Waals surface area contributed by atoms with E-state index in [2.05, 4.69) is 24.7 Å². The van der Waals surface area contributed by atoms with Crippen molar-refractivity contribution in [2.75, 3.05) is 5.73 Å². The second-order valence-corrected chi connectivity index (χ2v) is 4.36. The molecule has 2 N–H and O–H groups in total. The SMILES string of the molecule is Nc1cc(Br)c(=O)n(Cc2cnsn2)c1. The fourth-order valence-electron chi connectivity index (χ4n) is 1.17. The van der Waals surface area contributed by atoms with Crippen molar-refractivity contribution in [3.05, 3.63) is 39.0 Å². The van der Waals surface area contributed by atoms with Crippen LogP contribution in [0.15, 0.2) is 27.7 Å². The molecule has 2 aromatic rings. The summed E-state index contributed by atoms with van der Waals surface area (Å²) in [5, 5.41) is 0. The van der Waals surface area contributed by atoms with Gasteiger partial charge in [-0.05, 0) is 22.0 Å². The van der Waals surface area contributed by atoms with Gasteiger partial charge >= 0.3 is 0 Å². The first-order valence-corrected chi connectivity index (χ1v) is 5.61. The third kappa shape index (κ3) is 2.24. The number of rotatable bonds is 2. The number of nitrogens with two attached hydrogens (primary N) is 1. The first-order chi connectivity index (χ1) is 7.16. The molecule has 0 unspecified atom stereocenters. The zero-order chi connectivity index (χ0) is 10.8. The Kier molecular flexibility index (Phi) is 2.83. The molecule has 2 rings (SSSR count). The highest BCUT2D eigenvalue weighted by Crippen LogP contribution is 2.09. The Balaban J connectivity index is 2.41. The van der Waals surface area contributed by atoms with Crippen molar-refractivity contribution >= 4 is 33.3 Å². The van der Waals surface area contributed by atoms with E-state index in [0.717, 1.165) is 17.4 Å². The number of nitrogen functional groups attached to an aromatic ring is 1. The summed E-state index contributed by atoms with van der Waals surface area (Å²) in [4.78, 5) is 11.7. The number of anilines is 1. The minimum absolute atomic E-state index is 0.128. The van der Waals surface area contributed by atoms with E-state index in [-0.39, 0.29) is 5.56 Å². The van der Waals surface area contributed by atoms with Crippen molar-refractivity contribution in [2.24, 2.45) is 0 Å². The molecule has 2 heterocycles. The van der Waals surface area contributed by atoms with E-state index in [1.165, 1.54) is 4.57 Å². The maximum Gasteiger partial charge on any atom is 0.265 e. The Bertz CT molecular complexity index is 522. The summed E-state index contributed by atoms with van der Waals surface area (Å²) in [6.45, 7) is 0.388. The van der Waals surface area contributed by atoms with E-state index >= 15 is 0 Å².